The van der Waals surface area contributed by atoms with E-state index in [1.54, 1.807) is 0 Å². The van der Waals surface area contributed by atoms with Crippen LogP contribution in [-0.2, 0) is 13.2 Å². The number of fused-ring (bicyclic) bond motifs is 1. The maximum atomic E-state index is 13.0. The molecule has 35 heavy (non-hydrogen) atoms. The van der Waals surface area contributed by atoms with E-state index in [9.17, 15) is 4.79 Å². The topological polar surface area (TPSA) is 73.9 Å². The summed E-state index contributed by atoms with van der Waals surface area (Å²) in [5.74, 6) is 0.757. The summed E-state index contributed by atoms with van der Waals surface area (Å²) >= 11 is 0. The van der Waals surface area contributed by atoms with Crippen LogP contribution in [-0.4, -0.2) is 51.3 Å². The Bertz CT molecular complexity index is 1360. The van der Waals surface area contributed by atoms with E-state index in [2.05, 4.69) is 16.0 Å². The van der Waals surface area contributed by atoms with Gasteiger partial charge >= 0.3 is 0 Å². The van der Waals surface area contributed by atoms with Gasteiger partial charge in [-0.05, 0) is 60.5 Å². The fourth-order valence-electron chi connectivity index (χ4n) is 4.36. The van der Waals surface area contributed by atoms with Crippen molar-refractivity contribution in [3.63, 3.8) is 0 Å². The summed E-state index contributed by atoms with van der Waals surface area (Å²) in [7, 11) is 0. The number of benzene rings is 2. The molecule has 2 aromatic carbocycles. The van der Waals surface area contributed by atoms with Gasteiger partial charge in [0.25, 0.3) is 5.91 Å². The van der Waals surface area contributed by atoms with Crippen molar-refractivity contribution in [2.75, 3.05) is 26.2 Å². The average Bonchev–Trinajstić information content (AvgIpc) is 3.33. The lowest BCUT2D eigenvalue weighted by Crippen LogP contribution is -2.48. The average molecular weight is 466 g/mol. The van der Waals surface area contributed by atoms with Crippen LogP contribution in [0.2, 0.25) is 0 Å². The zero-order valence-corrected chi connectivity index (χ0v) is 19.7. The molecule has 0 bridgehead atoms. The Morgan fingerprint density at radius 3 is 2.46 bits per heavy atom. The van der Waals surface area contributed by atoms with Gasteiger partial charge in [0.05, 0.1) is 17.3 Å². The number of carbonyl (C=O) groups is 1. The largest absolute Gasteiger partial charge is 0.487 e. The molecule has 2 aromatic heterocycles. The molecule has 0 unspecified atom stereocenters. The quantitative estimate of drug-likeness (QED) is 0.430. The van der Waals surface area contributed by atoms with E-state index in [-0.39, 0.29) is 5.91 Å². The van der Waals surface area contributed by atoms with Gasteiger partial charge in [-0.1, -0.05) is 18.2 Å². The van der Waals surface area contributed by atoms with Crippen LogP contribution in [0.4, 0.5) is 0 Å². The van der Waals surface area contributed by atoms with Gasteiger partial charge in [-0.25, -0.2) is 4.98 Å². The normalized spacial score (nSPS) is 14.1. The third-order valence-electron chi connectivity index (χ3n) is 6.36. The van der Waals surface area contributed by atoms with Crippen LogP contribution in [0, 0.1) is 18.3 Å². The van der Waals surface area contributed by atoms with Crippen molar-refractivity contribution in [1.29, 1.82) is 5.26 Å². The standard InChI is InChI=1S/C28H27N5O2/c1-21-3-2-12-33-19-25(30-27(21)33)20-35-26-10-8-24(9-11-26)28(34)32-15-13-31(14-16-32)18-23-6-4-22(17-29)5-7-23/h2-12,19H,13-16,18,20H2,1H3. The Morgan fingerprint density at radius 2 is 1.77 bits per heavy atom. The van der Waals surface area contributed by atoms with Gasteiger partial charge in [-0.2, -0.15) is 5.26 Å². The number of rotatable bonds is 6. The second kappa shape index (κ2) is 10.00. The third kappa shape index (κ3) is 5.18. The van der Waals surface area contributed by atoms with E-state index in [4.69, 9.17) is 10.00 Å². The molecule has 1 fully saturated rings. The predicted molar refractivity (Wildman–Crippen MR) is 133 cm³/mol. The van der Waals surface area contributed by atoms with Crippen LogP contribution in [0.1, 0.15) is 32.7 Å². The fraction of sp³-hybridized carbons (Fsp3) is 0.250. The molecule has 0 radical (unpaired) electrons. The first kappa shape index (κ1) is 22.6. The van der Waals surface area contributed by atoms with E-state index in [1.807, 2.05) is 89.3 Å². The number of ether oxygens (including phenoxy) is 1. The molecule has 0 N–H and O–H groups in total. The van der Waals surface area contributed by atoms with Gasteiger partial charge in [0.1, 0.15) is 18.0 Å². The van der Waals surface area contributed by atoms with Crippen molar-refractivity contribution in [3.05, 3.63) is 101 Å². The van der Waals surface area contributed by atoms with Gasteiger partial charge in [0.2, 0.25) is 0 Å². The number of amides is 1. The Hall–Kier alpha value is -4.15. The van der Waals surface area contributed by atoms with Crippen molar-refractivity contribution in [2.24, 2.45) is 0 Å². The first-order valence-corrected chi connectivity index (χ1v) is 11.8. The molecule has 1 aliphatic heterocycles. The first-order valence-electron chi connectivity index (χ1n) is 11.8. The number of aromatic nitrogens is 2. The van der Waals surface area contributed by atoms with Gasteiger partial charge in [0.15, 0.2) is 0 Å². The number of nitrogens with zero attached hydrogens (tertiary/aromatic N) is 5. The summed E-state index contributed by atoms with van der Waals surface area (Å²) in [5, 5.41) is 8.94. The highest BCUT2D eigenvalue weighted by atomic mass is 16.5. The summed E-state index contributed by atoms with van der Waals surface area (Å²) < 4.78 is 7.90. The van der Waals surface area contributed by atoms with Gasteiger partial charge in [-0.3, -0.25) is 9.69 Å². The van der Waals surface area contributed by atoms with Gasteiger partial charge in [-0.15, -0.1) is 0 Å². The Kier molecular flexibility index (Phi) is 6.47. The Morgan fingerprint density at radius 1 is 1.03 bits per heavy atom. The highest BCUT2D eigenvalue weighted by Crippen LogP contribution is 2.18. The SMILES string of the molecule is Cc1cccn2cc(COc3ccc(C(=O)N4CCN(Cc5ccc(C#N)cc5)CC4)cc3)nc12. The number of piperazine rings is 1. The van der Waals surface area contributed by atoms with Crippen molar-refractivity contribution < 1.29 is 9.53 Å². The Balaban J connectivity index is 1.12. The van der Waals surface area contributed by atoms with Crippen LogP contribution >= 0.6 is 0 Å². The van der Waals surface area contributed by atoms with Crippen molar-refractivity contribution in [3.8, 4) is 11.8 Å². The summed E-state index contributed by atoms with van der Waals surface area (Å²) in [6.45, 7) is 6.28. The van der Waals surface area contributed by atoms with E-state index >= 15 is 0 Å². The summed E-state index contributed by atoms with van der Waals surface area (Å²) in [6, 6.07) is 21.2. The molecule has 7 nitrogen and oxygen atoms in total. The molecule has 3 heterocycles. The number of nitriles is 1. The molecule has 1 amide bonds. The van der Waals surface area contributed by atoms with Crippen LogP contribution in [0.15, 0.2) is 73.1 Å². The monoisotopic (exact) mass is 465 g/mol. The molecule has 0 spiro atoms. The molecular formula is C28H27N5O2. The summed E-state index contributed by atoms with van der Waals surface area (Å²) in [6.07, 6.45) is 3.95. The van der Waals surface area contributed by atoms with Crippen LogP contribution in [0.3, 0.4) is 0 Å². The van der Waals surface area contributed by atoms with Crippen LogP contribution in [0.25, 0.3) is 5.65 Å². The minimum atomic E-state index is 0.0467. The molecule has 0 atom stereocenters. The summed E-state index contributed by atoms with van der Waals surface area (Å²) in [5.41, 5.74) is 5.43. The zero-order valence-electron chi connectivity index (χ0n) is 19.7. The lowest BCUT2D eigenvalue weighted by atomic mass is 10.1. The van der Waals surface area contributed by atoms with Crippen LogP contribution < -0.4 is 4.74 Å². The van der Waals surface area contributed by atoms with E-state index in [1.165, 1.54) is 5.56 Å². The molecule has 0 aliphatic carbocycles. The molecule has 0 saturated carbocycles. The first-order chi connectivity index (χ1) is 17.1. The molecule has 1 saturated heterocycles. The van der Waals surface area contributed by atoms with Crippen LogP contribution in [0.5, 0.6) is 5.75 Å². The summed E-state index contributed by atoms with van der Waals surface area (Å²) in [4.78, 5) is 21.9. The molecule has 1 aliphatic rings. The minimum Gasteiger partial charge on any atom is -0.487 e. The number of aryl methyl sites for hydroxylation is 1. The fourth-order valence-corrected chi connectivity index (χ4v) is 4.36. The predicted octanol–water partition coefficient (Wildman–Crippen LogP) is 4.05. The molecular weight excluding hydrogens is 438 g/mol. The number of imidazole rings is 1. The second-order valence-corrected chi connectivity index (χ2v) is 8.84. The smallest absolute Gasteiger partial charge is 0.253 e. The second-order valence-electron chi connectivity index (χ2n) is 8.84. The van der Waals surface area contributed by atoms with Gasteiger partial charge < -0.3 is 14.0 Å². The third-order valence-corrected chi connectivity index (χ3v) is 6.36. The van der Waals surface area contributed by atoms with Gasteiger partial charge in [0, 0.05) is 50.7 Å². The number of hydrogen-bond acceptors (Lipinski definition) is 5. The molecule has 176 valence electrons. The van der Waals surface area contributed by atoms with Crippen molar-refractivity contribution >= 4 is 11.6 Å². The number of hydrogen-bond donors (Lipinski definition) is 0. The van der Waals surface area contributed by atoms with E-state index in [0.29, 0.717) is 36.6 Å². The lowest BCUT2D eigenvalue weighted by Gasteiger charge is -2.34. The highest BCUT2D eigenvalue weighted by molar-refractivity contribution is 5.94. The Labute approximate surface area is 204 Å². The van der Waals surface area contributed by atoms with Crippen molar-refractivity contribution in [2.45, 2.75) is 20.1 Å². The van der Waals surface area contributed by atoms with E-state index in [0.717, 1.165) is 36.5 Å². The maximum absolute atomic E-state index is 13.0. The highest BCUT2D eigenvalue weighted by Gasteiger charge is 2.22. The molecule has 7 heteroatoms. The number of carbonyl (C=O) groups excluding carboxylic acids is 1. The zero-order chi connectivity index (χ0) is 24.2. The number of pyridine rings is 1. The van der Waals surface area contributed by atoms with Crippen molar-refractivity contribution in [1.82, 2.24) is 19.2 Å². The molecule has 5 rings (SSSR count). The molecule has 4 aromatic rings. The maximum Gasteiger partial charge on any atom is 0.253 e. The van der Waals surface area contributed by atoms with E-state index < -0.39 is 0 Å². The minimum absolute atomic E-state index is 0.0467. The lowest BCUT2D eigenvalue weighted by molar-refractivity contribution is 0.0628.